The van der Waals surface area contributed by atoms with E-state index in [1.54, 1.807) is 7.11 Å². The first-order valence-corrected chi connectivity index (χ1v) is 5.97. The molecule has 2 heteroatoms. The molecular formula is C14H23NO. The first-order chi connectivity index (χ1) is 7.92. The van der Waals surface area contributed by atoms with Gasteiger partial charge in [0.05, 0.1) is 7.11 Å². The average Bonchev–Trinajstić information content (AvgIpc) is 2.42. The maximum absolute atomic E-state index is 5.22. The number of fused-ring (bicyclic) bond motifs is 1. The van der Waals surface area contributed by atoms with E-state index in [0.29, 0.717) is 0 Å². The Kier molecular flexibility index (Phi) is 8.04. The van der Waals surface area contributed by atoms with Gasteiger partial charge < -0.3 is 10.1 Å². The average molecular weight is 221 g/mol. The molecule has 0 atom stereocenters. The van der Waals surface area contributed by atoms with E-state index in [1.165, 1.54) is 11.1 Å². The Labute approximate surface area is 99.3 Å². The molecule has 1 aromatic carbocycles. The van der Waals surface area contributed by atoms with Gasteiger partial charge >= 0.3 is 0 Å². The van der Waals surface area contributed by atoms with Crippen molar-refractivity contribution in [1.29, 1.82) is 0 Å². The molecular weight excluding hydrogens is 198 g/mol. The molecule has 2 rings (SSSR count). The van der Waals surface area contributed by atoms with Crippen LogP contribution in [0.1, 0.15) is 38.8 Å². The summed E-state index contributed by atoms with van der Waals surface area (Å²) < 4.78 is 5.22. The van der Waals surface area contributed by atoms with Gasteiger partial charge in [0, 0.05) is 18.3 Å². The van der Waals surface area contributed by atoms with E-state index in [9.17, 15) is 0 Å². The number of methoxy groups -OCH3 is 1. The fraction of sp³-hybridized carbons (Fsp3) is 0.429. The first-order valence-electron chi connectivity index (χ1n) is 5.97. The van der Waals surface area contributed by atoms with Gasteiger partial charge in [0.2, 0.25) is 0 Å². The van der Waals surface area contributed by atoms with Crippen molar-refractivity contribution in [2.24, 2.45) is 0 Å². The zero-order chi connectivity index (χ0) is 12.4. The number of rotatable bonds is 1. The van der Waals surface area contributed by atoms with E-state index >= 15 is 0 Å². The van der Waals surface area contributed by atoms with Crippen LogP contribution in [0.3, 0.4) is 0 Å². The van der Waals surface area contributed by atoms with E-state index in [2.05, 4.69) is 17.4 Å². The van der Waals surface area contributed by atoms with Crippen molar-refractivity contribution in [3.63, 3.8) is 0 Å². The Morgan fingerprint density at radius 3 is 2.31 bits per heavy atom. The Balaban J connectivity index is 0.000000509. The van der Waals surface area contributed by atoms with Crippen LogP contribution in [-0.2, 0) is 11.3 Å². The molecule has 0 saturated heterocycles. The van der Waals surface area contributed by atoms with Gasteiger partial charge in [-0.2, -0.15) is 0 Å². The summed E-state index contributed by atoms with van der Waals surface area (Å²) in [4.78, 5) is 0. The third-order valence-electron chi connectivity index (χ3n) is 2.03. The third kappa shape index (κ3) is 3.61. The van der Waals surface area contributed by atoms with Crippen LogP contribution in [-0.4, -0.2) is 7.11 Å². The summed E-state index contributed by atoms with van der Waals surface area (Å²) in [6.07, 6.45) is 1.91. The molecule has 0 spiro atoms. The van der Waals surface area contributed by atoms with Crippen molar-refractivity contribution >= 4 is 5.76 Å². The summed E-state index contributed by atoms with van der Waals surface area (Å²) in [6, 6.07) is 8.25. The molecule has 0 unspecified atom stereocenters. The van der Waals surface area contributed by atoms with Gasteiger partial charge in [-0.25, -0.2) is 0 Å². The molecule has 0 saturated carbocycles. The van der Waals surface area contributed by atoms with Crippen molar-refractivity contribution in [2.45, 2.75) is 34.2 Å². The maximum atomic E-state index is 5.22. The molecule has 2 nitrogen and oxygen atoms in total. The lowest BCUT2D eigenvalue weighted by Gasteiger charge is -2.17. The van der Waals surface area contributed by atoms with Crippen molar-refractivity contribution < 1.29 is 4.74 Å². The van der Waals surface area contributed by atoms with Crippen molar-refractivity contribution in [3.8, 4) is 0 Å². The highest BCUT2D eigenvalue weighted by atomic mass is 16.5. The Bertz CT molecular complexity index is 318. The van der Waals surface area contributed by atoms with E-state index in [1.807, 2.05) is 46.0 Å². The summed E-state index contributed by atoms with van der Waals surface area (Å²) in [5.41, 5.74) is 2.48. The molecule has 0 aromatic heterocycles. The van der Waals surface area contributed by atoms with Crippen LogP contribution in [0.15, 0.2) is 30.5 Å². The van der Waals surface area contributed by atoms with Crippen LogP contribution in [0, 0.1) is 0 Å². The zero-order valence-electron chi connectivity index (χ0n) is 11.0. The number of benzene rings is 1. The predicted octanol–water partition coefficient (Wildman–Crippen LogP) is 3.79. The van der Waals surface area contributed by atoms with Crippen molar-refractivity contribution in [3.05, 3.63) is 41.6 Å². The molecule has 0 aliphatic carbocycles. The smallest absolute Gasteiger partial charge is 0.142 e. The number of ether oxygens (including phenoxy) is 1. The van der Waals surface area contributed by atoms with E-state index in [-0.39, 0.29) is 0 Å². The van der Waals surface area contributed by atoms with Crippen LogP contribution in [0.25, 0.3) is 5.76 Å². The fourth-order valence-corrected chi connectivity index (χ4v) is 1.42. The summed E-state index contributed by atoms with van der Waals surface area (Å²) in [6.45, 7) is 8.89. The zero-order valence-corrected chi connectivity index (χ0v) is 11.0. The van der Waals surface area contributed by atoms with Crippen molar-refractivity contribution in [2.75, 3.05) is 7.11 Å². The quantitative estimate of drug-likeness (QED) is 0.779. The lowest BCUT2D eigenvalue weighted by atomic mass is 10.0. The van der Waals surface area contributed by atoms with E-state index in [0.717, 1.165) is 12.3 Å². The number of nitrogens with one attached hydrogen (secondary N) is 1. The van der Waals surface area contributed by atoms with Crippen LogP contribution in [0.5, 0.6) is 0 Å². The monoisotopic (exact) mass is 221 g/mol. The van der Waals surface area contributed by atoms with Crippen LogP contribution < -0.4 is 5.32 Å². The van der Waals surface area contributed by atoms with E-state index in [4.69, 9.17) is 4.74 Å². The Morgan fingerprint density at radius 2 is 1.69 bits per heavy atom. The van der Waals surface area contributed by atoms with Gasteiger partial charge in [-0.3, -0.25) is 0 Å². The molecule has 1 aromatic rings. The molecule has 16 heavy (non-hydrogen) atoms. The Morgan fingerprint density at radius 1 is 1.06 bits per heavy atom. The van der Waals surface area contributed by atoms with Crippen LogP contribution >= 0.6 is 0 Å². The predicted molar refractivity (Wildman–Crippen MR) is 71.0 cm³/mol. The first kappa shape index (κ1) is 14.6. The fourth-order valence-electron chi connectivity index (χ4n) is 1.42. The van der Waals surface area contributed by atoms with Crippen LogP contribution in [0.2, 0.25) is 0 Å². The maximum Gasteiger partial charge on any atom is 0.142 e. The van der Waals surface area contributed by atoms with E-state index < -0.39 is 0 Å². The Hall–Kier alpha value is -1.44. The third-order valence-corrected chi connectivity index (χ3v) is 2.03. The molecule has 1 aliphatic heterocycles. The largest absolute Gasteiger partial charge is 0.495 e. The number of hydrogen-bond acceptors (Lipinski definition) is 2. The molecule has 0 amide bonds. The second kappa shape index (κ2) is 8.84. The molecule has 0 radical (unpaired) electrons. The summed E-state index contributed by atoms with van der Waals surface area (Å²) in [5.74, 6) is 0.914. The lowest BCUT2D eigenvalue weighted by molar-refractivity contribution is 0.365. The lowest BCUT2D eigenvalue weighted by Crippen LogP contribution is -2.13. The van der Waals surface area contributed by atoms with Crippen molar-refractivity contribution in [1.82, 2.24) is 5.32 Å². The van der Waals surface area contributed by atoms with Gasteiger partial charge in [0.1, 0.15) is 5.76 Å². The molecule has 0 fully saturated rings. The molecule has 0 bridgehead atoms. The minimum Gasteiger partial charge on any atom is -0.495 e. The topological polar surface area (TPSA) is 21.3 Å². The van der Waals surface area contributed by atoms with Gasteiger partial charge in [-0.15, -0.1) is 0 Å². The highest BCUT2D eigenvalue weighted by Crippen LogP contribution is 2.21. The molecule has 1 aliphatic rings. The van der Waals surface area contributed by atoms with Gasteiger partial charge in [0.15, 0.2) is 0 Å². The summed E-state index contributed by atoms with van der Waals surface area (Å²) >= 11 is 0. The van der Waals surface area contributed by atoms with Gasteiger partial charge in [0.25, 0.3) is 0 Å². The standard InChI is InChI=1S/C10H11NO.2C2H6/c1-12-10-7-11-6-8-4-2-3-5-9(8)10;2*1-2/h2-5,7,11H,6H2,1H3;2*1-2H3. The van der Waals surface area contributed by atoms with Gasteiger partial charge in [-0.1, -0.05) is 52.0 Å². The minimum atomic E-state index is 0.892. The second-order valence-electron chi connectivity index (χ2n) is 2.75. The van der Waals surface area contributed by atoms with Crippen LogP contribution in [0.4, 0.5) is 0 Å². The summed E-state index contributed by atoms with van der Waals surface area (Å²) in [5, 5.41) is 3.15. The minimum absolute atomic E-state index is 0.892. The molecule has 1 heterocycles. The van der Waals surface area contributed by atoms with Gasteiger partial charge in [-0.05, 0) is 5.56 Å². The SMILES string of the molecule is CC.CC.COC1=CNCc2ccccc21. The summed E-state index contributed by atoms with van der Waals surface area (Å²) in [7, 11) is 1.69. The highest BCUT2D eigenvalue weighted by Gasteiger charge is 2.10. The second-order valence-corrected chi connectivity index (χ2v) is 2.75. The highest BCUT2D eigenvalue weighted by molar-refractivity contribution is 5.64. The normalized spacial score (nSPS) is 11.4. The number of hydrogen-bond donors (Lipinski definition) is 1. The molecule has 90 valence electrons. The molecule has 1 N–H and O–H groups in total.